The molecule has 0 unspecified atom stereocenters. The lowest BCUT2D eigenvalue weighted by Gasteiger charge is -2.30. The van der Waals surface area contributed by atoms with E-state index in [1.54, 1.807) is 0 Å². The number of nitrogens with one attached hydrogen (secondary N) is 1. The van der Waals surface area contributed by atoms with Gasteiger partial charge in [0.05, 0.1) is 18.8 Å². The van der Waals surface area contributed by atoms with Crippen molar-refractivity contribution in [3.8, 4) is 5.75 Å². The van der Waals surface area contributed by atoms with Crippen LogP contribution in [0, 0.1) is 5.92 Å². The molecule has 0 radical (unpaired) electrons. The second-order valence-electron chi connectivity index (χ2n) is 6.43. The van der Waals surface area contributed by atoms with Crippen LogP contribution in [0.15, 0.2) is 24.3 Å². The van der Waals surface area contributed by atoms with E-state index in [0.29, 0.717) is 26.2 Å². The third-order valence-electron chi connectivity index (χ3n) is 4.40. The quantitative estimate of drug-likeness (QED) is 0.710. The number of benzene rings is 1. The number of nitrogens with zero attached hydrogens (tertiary/aromatic N) is 1. The number of rotatable bonds is 8. The maximum Gasteiger partial charge on any atom is 0.224 e. The van der Waals surface area contributed by atoms with Crippen molar-refractivity contribution in [1.82, 2.24) is 9.62 Å². The number of amides is 1. The van der Waals surface area contributed by atoms with E-state index in [4.69, 9.17) is 4.74 Å². The Morgan fingerprint density at radius 2 is 2.04 bits per heavy atom. The van der Waals surface area contributed by atoms with Crippen LogP contribution < -0.4 is 10.1 Å². The predicted molar refractivity (Wildman–Crippen MR) is 98.1 cm³/mol. The average Bonchev–Trinajstić information content (AvgIpc) is 2.59. The van der Waals surface area contributed by atoms with E-state index >= 15 is 0 Å². The molecule has 7 heteroatoms. The summed E-state index contributed by atoms with van der Waals surface area (Å²) in [5.41, 5.74) is 1.21. The largest absolute Gasteiger partial charge is 0.494 e. The van der Waals surface area contributed by atoms with Gasteiger partial charge in [0.1, 0.15) is 5.75 Å². The zero-order chi connectivity index (χ0) is 18.3. The standard InChI is InChI=1S/C18H28N2O4S/c1-3-24-17-10-8-15(9-11-17)6-4-12-19-18(21)16-7-5-13-20(14-16)25(2,22)23/h8-11,16H,3-7,12-14H2,1-2H3,(H,19,21)/t16-/m0/s1. The Kier molecular flexibility index (Phi) is 7.25. The van der Waals surface area contributed by atoms with E-state index in [0.717, 1.165) is 31.4 Å². The Morgan fingerprint density at radius 1 is 1.32 bits per heavy atom. The fraction of sp³-hybridized carbons (Fsp3) is 0.611. The summed E-state index contributed by atoms with van der Waals surface area (Å²) in [6, 6.07) is 7.99. The van der Waals surface area contributed by atoms with Gasteiger partial charge in [-0.3, -0.25) is 4.79 Å². The zero-order valence-electron chi connectivity index (χ0n) is 15.0. The van der Waals surface area contributed by atoms with E-state index in [9.17, 15) is 13.2 Å². The summed E-state index contributed by atoms with van der Waals surface area (Å²) in [5, 5.41) is 2.94. The van der Waals surface area contributed by atoms with E-state index in [1.165, 1.54) is 16.1 Å². The lowest BCUT2D eigenvalue weighted by molar-refractivity contribution is -0.126. The highest BCUT2D eigenvalue weighted by atomic mass is 32.2. The normalized spacial score (nSPS) is 18.7. The summed E-state index contributed by atoms with van der Waals surface area (Å²) in [6.07, 6.45) is 4.41. The van der Waals surface area contributed by atoms with Crippen molar-refractivity contribution in [3.05, 3.63) is 29.8 Å². The first-order valence-corrected chi connectivity index (χ1v) is 10.7. The molecule has 6 nitrogen and oxygen atoms in total. The van der Waals surface area contributed by atoms with Crippen molar-refractivity contribution in [1.29, 1.82) is 0 Å². The monoisotopic (exact) mass is 368 g/mol. The summed E-state index contributed by atoms with van der Waals surface area (Å²) in [4.78, 5) is 12.2. The molecule has 1 aliphatic rings. The van der Waals surface area contributed by atoms with Crippen LogP contribution in [0.4, 0.5) is 0 Å². The smallest absolute Gasteiger partial charge is 0.224 e. The number of sulfonamides is 1. The van der Waals surface area contributed by atoms with Gasteiger partial charge in [-0.25, -0.2) is 12.7 Å². The first-order valence-electron chi connectivity index (χ1n) is 8.84. The van der Waals surface area contributed by atoms with Gasteiger partial charge in [-0.15, -0.1) is 0 Å². The summed E-state index contributed by atoms with van der Waals surface area (Å²) < 4.78 is 30.1. The molecule has 1 aromatic carbocycles. The van der Waals surface area contributed by atoms with Gasteiger partial charge in [0.15, 0.2) is 0 Å². The lowest BCUT2D eigenvalue weighted by Crippen LogP contribution is -2.45. The molecule has 25 heavy (non-hydrogen) atoms. The molecule has 1 heterocycles. The van der Waals surface area contributed by atoms with Crippen molar-refractivity contribution in [3.63, 3.8) is 0 Å². The highest BCUT2D eigenvalue weighted by Crippen LogP contribution is 2.19. The lowest BCUT2D eigenvalue weighted by atomic mass is 9.99. The van der Waals surface area contributed by atoms with Crippen LogP contribution >= 0.6 is 0 Å². The van der Waals surface area contributed by atoms with Crippen molar-refractivity contribution < 1.29 is 17.9 Å². The number of carbonyl (C=O) groups is 1. The van der Waals surface area contributed by atoms with Crippen LogP contribution in [0.1, 0.15) is 31.7 Å². The summed E-state index contributed by atoms with van der Waals surface area (Å²) in [7, 11) is -3.22. The van der Waals surface area contributed by atoms with Gasteiger partial charge in [-0.2, -0.15) is 0 Å². The second kappa shape index (κ2) is 9.20. The first-order chi connectivity index (χ1) is 11.9. The van der Waals surface area contributed by atoms with Gasteiger partial charge in [-0.05, 0) is 50.3 Å². The minimum absolute atomic E-state index is 0.0416. The molecule has 1 fully saturated rings. The molecule has 1 aromatic rings. The van der Waals surface area contributed by atoms with Gasteiger partial charge in [0, 0.05) is 19.6 Å². The number of aryl methyl sites for hydroxylation is 1. The Bertz CT molecular complexity index is 658. The van der Waals surface area contributed by atoms with Gasteiger partial charge >= 0.3 is 0 Å². The molecule has 0 bridgehead atoms. The molecular weight excluding hydrogens is 340 g/mol. The Balaban J connectivity index is 1.71. The zero-order valence-corrected chi connectivity index (χ0v) is 15.8. The SMILES string of the molecule is CCOc1ccc(CCCNC(=O)[C@H]2CCCN(S(C)(=O)=O)C2)cc1. The van der Waals surface area contributed by atoms with Crippen LogP contribution in [-0.4, -0.2) is 51.1 Å². The van der Waals surface area contributed by atoms with Crippen LogP contribution in [0.25, 0.3) is 0 Å². The molecule has 0 spiro atoms. The number of piperidine rings is 1. The molecule has 0 aliphatic carbocycles. The third kappa shape index (κ3) is 6.32. The van der Waals surface area contributed by atoms with Gasteiger partial charge in [0.25, 0.3) is 0 Å². The summed E-state index contributed by atoms with van der Waals surface area (Å²) >= 11 is 0. The molecule has 0 aromatic heterocycles. The minimum atomic E-state index is -3.22. The van der Waals surface area contributed by atoms with Gasteiger partial charge in [-0.1, -0.05) is 12.1 Å². The third-order valence-corrected chi connectivity index (χ3v) is 5.67. The van der Waals surface area contributed by atoms with Crippen LogP contribution in [-0.2, 0) is 21.2 Å². The minimum Gasteiger partial charge on any atom is -0.494 e. The average molecular weight is 368 g/mol. The molecule has 2 rings (SSSR count). The maximum atomic E-state index is 12.2. The highest BCUT2D eigenvalue weighted by molar-refractivity contribution is 7.88. The second-order valence-corrected chi connectivity index (χ2v) is 8.41. The summed E-state index contributed by atoms with van der Waals surface area (Å²) in [6.45, 7) is 4.02. The van der Waals surface area contributed by atoms with Crippen LogP contribution in [0.2, 0.25) is 0 Å². The van der Waals surface area contributed by atoms with Crippen molar-refractivity contribution in [2.45, 2.75) is 32.6 Å². The number of hydrogen-bond donors (Lipinski definition) is 1. The molecule has 1 N–H and O–H groups in total. The Labute approximate surface area is 150 Å². The van der Waals surface area contributed by atoms with Crippen molar-refractivity contribution in [2.75, 3.05) is 32.5 Å². The molecule has 0 saturated carbocycles. The fourth-order valence-electron chi connectivity index (χ4n) is 3.03. The van der Waals surface area contributed by atoms with Gasteiger partial charge in [0.2, 0.25) is 15.9 Å². The fourth-order valence-corrected chi connectivity index (χ4v) is 3.94. The Morgan fingerprint density at radius 3 is 2.68 bits per heavy atom. The predicted octanol–water partition coefficient (Wildman–Crippen LogP) is 1.81. The molecule has 1 amide bonds. The molecule has 1 saturated heterocycles. The van der Waals surface area contributed by atoms with Crippen molar-refractivity contribution >= 4 is 15.9 Å². The Hall–Kier alpha value is -1.60. The number of hydrogen-bond acceptors (Lipinski definition) is 4. The van der Waals surface area contributed by atoms with Crippen LogP contribution in [0.3, 0.4) is 0 Å². The molecule has 140 valence electrons. The van der Waals surface area contributed by atoms with E-state index in [-0.39, 0.29) is 11.8 Å². The molecular formula is C18H28N2O4S. The number of carbonyl (C=O) groups excluding carboxylic acids is 1. The van der Waals surface area contributed by atoms with Crippen molar-refractivity contribution in [2.24, 2.45) is 5.92 Å². The topological polar surface area (TPSA) is 75.7 Å². The first kappa shape index (κ1) is 19.7. The molecule has 1 atom stereocenters. The highest BCUT2D eigenvalue weighted by Gasteiger charge is 2.29. The maximum absolute atomic E-state index is 12.2. The van der Waals surface area contributed by atoms with E-state index < -0.39 is 10.0 Å². The number of ether oxygens (including phenoxy) is 1. The summed E-state index contributed by atoms with van der Waals surface area (Å²) in [5.74, 6) is 0.585. The molecule has 1 aliphatic heterocycles. The van der Waals surface area contributed by atoms with Crippen LogP contribution in [0.5, 0.6) is 5.75 Å². The van der Waals surface area contributed by atoms with E-state index in [1.807, 2.05) is 31.2 Å². The van der Waals surface area contributed by atoms with E-state index in [2.05, 4.69) is 5.32 Å². The van der Waals surface area contributed by atoms with Gasteiger partial charge < -0.3 is 10.1 Å².